The summed E-state index contributed by atoms with van der Waals surface area (Å²) in [7, 11) is 3.27. The van der Waals surface area contributed by atoms with Gasteiger partial charge in [0.25, 0.3) is 0 Å². The minimum Gasteiger partial charge on any atom is -0.410 e. The molecule has 3 rings (SSSR count). The van der Waals surface area contributed by atoms with E-state index in [1.165, 1.54) is 10.5 Å². The Morgan fingerprint density at radius 3 is 2.10 bits per heavy atom. The number of halogens is 1. The molecule has 2 aromatic carbocycles. The van der Waals surface area contributed by atoms with Crippen molar-refractivity contribution in [2.45, 2.75) is 13.0 Å². The fourth-order valence-electron chi connectivity index (χ4n) is 3.15. The summed E-state index contributed by atoms with van der Waals surface area (Å²) in [4.78, 5) is 29.8. The van der Waals surface area contributed by atoms with Gasteiger partial charge in [0, 0.05) is 46.8 Å². The second-order valence-electron chi connectivity index (χ2n) is 7.23. The van der Waals surface area contributed by atoms with E-state index in [0.717, 1.165) is 38.3 Å². The number of carbonyl (C=O) groups is 2. The first-order valence-electron chi connectivity index (χ1n) is 9.53. The number of carbonyl (C=O) groups excluding carboxylic acids is 2. The molecule has 0 N–H and O–H groups in total. The predicted molar refractivity (Wildman–Crippen MR) is 115 cm³/mol. The van der Waals surface area contributed by atoms with Crippen LogP contribution in [0.15, 0.2) is 54.6 Å². The quantitative estimate of drug-likeness (QED) is 0.750. The minimum absolute atomic E-state index is 0. The van der Waals surface area contributed by atoms with Crippen molar-refractivity contribution in [1.29, 1.82) is 0 Å². The highest BCUT2D eigenvalue weighted by Crippen LogP contribution is 2.15. The van der Waals surface area contributed by atoms with E-state index in [4.69, 9.17) is 4.74 Å². The zero-order valence-corrected chi connectivity index (χ0v) is 17.7. The van der Waals surface area contributed by atoms with Crippen LogP contribution in [0.5, 0.6) is 5.75 Å². The summed E-state index contributed by atoms with van der Waals surface area (Å²) in [5, 5.41) is 0. The average Bonchev–Trinajstić information content (AvgIpc) is 2.70. The van der Waals surface area contributed by atoms with Crippen molar-refractivity contribution >= 4 is 24.4 Å². The molecule has 0 bridgehead atoms. The molecule has 0 aromatic heterocycles. The highest BCUT2D eigenvalue weighted by atomic mass is 35.5. The third-order valence-corrected chi connectivity index (χ3v) is 4.82. The van der Waals surface area contributed by atoms with Crippen LogP contribution >= 0.6 is 12.4 Å². The molecule has 0 unspecified atom stereocenters. The topological polar surface area (TPSA) is 53.1 Å². The molecule has 1 saturated heterocycles. The zero-order chi connectivity index (χ0) is 19.9. The Bertz CT molecular complexity index is 789. The normalized spacial score (nSPS) is 14.1. The lowest BCUT2D eigenvalue weighted by Crippen LogP contribution is -2.48. The average molecular weight is 418 g/mol. The summed E-state index contributed by atoms with van der Waals surface area (Å²) in [6.07, 6.45) is -0.0576. The summed E-state index contributed by atoms with van der Waals surface area (Å²) in [6, 6.07) is 17.5. The molecule has 2 amide bonds. The van der Waals surface area contributed by atoms with Gasteiger partial charge in [0.2, 0.25) is 5.91 Å². The zero-order valence-electron chi connectivity index (χ0n) is 16.9. The van der Waals surface area contributed by atoms with Crippen LogP contribution in [0.2, 0.25) is 0 Å². The number of hydrogen-bond acceptors (Lipinski definition) is 4. The third-order valence-electron chi connectivity index (χ3n) is 4.82. The monoisotopic (exact) mass is 417 g/mol. The maximum Gasteiger partial charge on any atom is 0.414 e. The predicted octanol–water partition coefficient (Wildman–Crippen LogP) is 3.06. The Labute approximate surface area is 178 Å². The van der Waals surface area contributed by atoms with Gasteiger partial charge in [-0.25, -0.2) is 4.79 Å². The van der Waals surface area contributed by atoms with Crippen LogP contribution < -0.4 is 4.74 Å². The maximum absolute atomic E-state index is 12.6. The molecule has 2 aromatic rings. The Hall–Kier alpha value is -2.57. The molecule has 1 fully saturated rings. The van der Waals surface area contributed by atoms with E-state index < -0.39 is 6.09 Å². The molecule has 1 aliphatic heterocycles. The van der Waals surface area contributed by atoms with Crippen molar-refractivity contribution in [3.8, 4) is 5.75 Å². The molecule has 0 radical (unpaired) electrons. The van der Waals surface area contributed by atoms with E-state index in [0.29, 0.717) is 12.2 Å². The van der Waals surface area contributed by atoms with Crippen molar-refractivity contribution in [2.75, 3.05) is 40.3 Å². The molecule has 0 spiro atoms. The van der Waals surface area contributed by atoms with E-state index in [2.05, 4.69) is 29.2 Å². The van der Waals surface area contributed by atoms with Gasteiger partial charge in [-0.05, 0) is 23.3 Å². The van der Waals surface area contributed by atoms with Crippen LogP contribution in [0.1, 0.15) is 11.1 Å². The molecular formula is C22H28ClN3O3. The van der Waals surface area contributed by atoms with Crippen molar-refractivity contribution in [3.05, 3.63) is 65.7 Å². The highest BCUT2D eigenvalue weighted by molar-refractivity contribution is 5.85. The third kappa shape index (κ3) is 6.76. The van der Waals surface area contributed by atoms with E-state index in [9.17, 15) is 9.59 Å². The maximum atomic E-state index is 12.6. The second-order valence-corrected chi connectivity index (χ2v) is 7.23. The SMILES string of the molecule is CN(C)C(=O)Oc1ccc(CC(=O)N2CCN(Cc3ccccc3)CC2)cc1.Cl. The van der Waals surface area contributed by atoms with Crippen LogP contribution in [0.4, 0.5) is 4.79 Å². The van der Waals surface area contributed by atoms with Crippen molar-refractivity contribution in [2.24, 2.45) is 0 Å². The van der Waals surface area contributed by atoms with E-state index >= 15 is 0 Å². The van der Waals surface area contributed by atoms with Crippen LogP contribution in [-0.2, 0) is 17.8 Å². The largest absolute Gasteiger partial charge is 0.414 e. The first-order valence-corrected chi connectivity index (χ1v) is 9.53. The first kappa shape index (κ1) is 22.7. The van der Waals surface area contributed by atoms with Gasteiger partial charge in [0.1, 0.15) is 5.75 Å². The number of amides is 2. The van der Waals surface area contributed by atoms with Crippen LogP contribution in [0.25, 0.3) is 0 Å². The Morgan fingerprint density at radius 1 is 0.897 bits per heavy atom. The number of ether oxygens (including phenoxy) is 1. The van der Waals surface area contributed by atoms with E-state index in [1.54, 1.807) is 26.2 Å². The second kappa shape index (κ2) is 10.8. The smallest absolute Gasteiger partial charge is 0.410 e. The lowest BCUT2D eigenvalue weighted by atomic mass is 10.1. The lowest BCUT2D eigenvalue weighted by molar-refractivity contribution is -0.132. The fraction of sp³-hybridized carbons (Fsp3) is 0.364. The first-order chi connectivity index (χ1) is 13.5. The van der Waals surface area contributed by atoms with Gasteiger partial charge in [0.05, 0.1) is 6.42 Å². The highest BCUT2D eigenvalue weighted by Gasteiger charge is 2.21. The van der Waals surface area contributed by atoms with E-state index in [1.807, 2.05) is 23.1 Å². The van der Waals surface area contributed by atoms with Gasteiger partial charge in [-0.1, -0.05) is 42.5 Å². The van der Waals surface area contributed by atoms with Gasteiger partial charge in [-0.15, -0.1) is 12.4 Å². The minimum atomic E-state index is -0.419. The van der Waals surface area contributed by atoms with Crippen LogP contribution in [0.3, 0.4) is 0 Å². The van der Waals surface area contributed by atoms with Crippen LogP contribution in [-0.4, -0.2) is 67.0 Å². The summed E-state index contributed by atoms with van der Waals surface area (Å²) < 4.78 is 5.20. The molecule has 7 heteroatoms. The Morgan fingerprint density at radius 2 is 1.52 bits per heavy atom. The van der Waals surface area contributed by atoms with Crippen molar-refractivity contribution < 1.29 is 14.3 Å². The molecule has 29 heavy (non-hydrogen) atoms. The fourth-order valence-corrected chi connectivity index (χ4v) is 3.15. The van der Waals surface area contributed by atoms with Crippen molar-refractivity contribution in [3.63, 3.8) is 0 Å². The number of benzene rings is 2. The lowest BCUT2D eigenvalue weighted by Gasteiger charge is -2.34. The number of hydrogen-bond donors (Lipinski definition) is 0. The molecular weight excluding hydrogens is 390 g/mol. The Balaban J connectivity index is 0.00000300. The van der Waals surface area contributed by atoms with Gasteiger partial charge >= 0.3 is 6.09 Å². The number of rotatable bonds is 5. The van der Waals surface area contributed by atoms with Gasteiger partial charge in [-0.3, -0.25) is 9.69 Å². The number of piperazine rings is 1. The summed E-state index contributed by atoms with van der Waals surface area (Å²) in [5.74, 6) is 0.613. The van der Waals surface area contributed by atoms with Crippen LogP contribution in [0, 0.1) is 0 Å². The molecule has 0 atom stereocenters. The number of nitrogens with zero attached hydrogens (tertiary/aromatic N) is 3. The van der Waals surface area contributed by atoms with Gasteiger partial charge < -0.3 is 14.5 Å². The summed E-state index contributed by atoms with van der Waals surface area (Å²) >= 11 is 0. The van der Waals surface area contributed by atoms with E-state index in [-0.39, 0.29) is 18.3 Å². The standard InChI is InChI=1S/C22H27N3O3.ClH/c1-23(2)22(27)28-20-10-8-18(9-11-20)16-21(26)25-14-12-24(13-15-25)17-19-6-4-3-5-7-19;/h3-11H,12-17H2,1-2H3;1H. The molecule has 0 aliphatic carbocycles. The Kier molecular flexibility index (Phi) is 8.49. The molecule has 6 nitrogen and oxygen atoms in total. The van der Waals surface area contributed by atoms with Crippen molar-refractivity contribution in [1.82, 2.24) is 14.7 Å². The van der Waals surface area contributed by atoms with Gasteiger partial charge in [-0.2, -0.15) is 0 Å². The van der Waals surface area contributed by atoms with Gasteiger partial charge in [0.15, 0.2) is 0 Å². The summed E-state index contributed by atoms with van der Waals surface area (Å²) in [6.45, 7) is 4.21. The molecule has 1 heterocycles. The summed E-state index contributed by atoms with van der Waals surface area (Å²) in [5.41, 5.74) is 2.22. The molecule has 0 saturated carbocycles. The molecule has 1 aliphatic rings. The molecule has 156 valence electrons.